The molecule has 0 saturated carbocycles. The molecule has 3 aromatic rings. The van der Waals surface area contributed by atoms with E-state index in [1.807, 2.05) is 31.2 Å². The molecule has 130 valence electrons. The summed E-state index contributed by atoms with van der Waals surface area (Å²) in [6.07, 6.45) is 1.29. The van der Waals surface area contributed by atoms with E-state index in [9.17, 15) is 14.7 Å². The van der Waals surface area contributed by atoms with Crippen LogP contribution < -0.4 is 5.32 Å². The molecule has 0 radical (unpaired) electrons. The summed E-state index contributed by atoms with van der Waals surface area (Å²) in [5, 5.41) is 11.8. The average Bonchev–Trinajstić information content (AvgIpc) is 3.11. The molecule has 0 bridgehead atoms. The van der Waals surface area contributed by atoms with Gasteiger partial charge in [-0.25, -0.2) is 4.79 Å². The Bertz CT molecular complexity index is 953. The number of carbonyl (C=O) groups is 2. The number of furan rings is 1. The van der Waals surface area contributed by atoms with E-state index in [2.05, 4.69) is 5.32 Å². The Morgan fingerprint density at radius 2 is 1.65 bits per heavy atom. The molecule has 0 aliphatic heterocycles. The fourth-order valence-electron chi connectivity index (χ4n) is 2.38. The first-order valence-electron chi connectivity index (χ1n) is 8.01. The van der Waals surface area contributed by atoms with E-state index in [4.69, 9.17) is 4.42 Å². The molecule has 0 aliphatic carbocycles. The number of aliphatic carboxylic acids is 1. The third kappa shape index (κ3) is 4.08. The Morgan fingerprint density at radius 1 is 0.962 bits per heavy atom. The summed E-state index contributed by atoms with van der Waals surface area (Å²) >= 11 is 0. The Morgan fingerprint density at radius 3 is 2.31 bits per heavy atom. The lowest BCUT2D eigenvalue weighted by molar-refractivity contribution is -0.132. The van der Waals surface area contributed by atoms with Crippen molar-refractivity contribution in [1.29, 1.82) is 0 Å². The highest BCUT2D eigenvalue weighted by Gasteiger charge is 2.14. The predicted molar refractivity (Wildman–Crippen MR) is 98.4 cm³/mol. The SMILES string of the molecule is Cc1ccc(-c2ccc(/C=C(\NC(=O)c3ccccc3)C(=O)O)o2)cc1. The van der Waals surface area contributed by atoms with Gasteiger partial charge in [0, 0.05) is 17.2 Å². The Balaban J connectivity index is 1.82. The van der Waals surface area contributed by atoms with Gasteiger partial charge in [-0.1, -0.05) is 48.0 Å². The maximum atomic E-state index is 12.2. The van der Waals surface area contributed by atoms with Crippen LogP contribution in [0, 0.1) is 6.92 Å². The number of carboxylic acids is 1. The minimum atomic E-state index is -1.25. The lowest BCUT2D eigenvalue weighted by Gasteiger charge is -2.05. The standard InChI is InChI=1S/C21H17NO4/c1-14-7-9-15(10-8-14)19-12-11-17(26-19)13-18(21(24)25)22-20(23)16-5-3-2-4-6-16/h2-13H,1H3,(H,22,23)(H,24,25)/b18-13-. The molecule has 0 saturated heterocycles. The minimum absolute atomic E-state index is 0.261. The number of nitrogens with one attached hydrogen (secondary N) is 1. The molecule has 1 aromatic heterocycles. The summed E-state index contributed by atoms with van der Waals surface area (Å²) in [6, 6.07) is 19.6. The number of amides is 1. The second kappa shape index (κ2) is 7.53. The molecule has 0 atom stereocenters. The van der Waals surface area contributed by atoms with E-state index >= 15 is 0 Å². The first-order chi connectivity index (χ1) is 12.5. The van der Waals surface area contributed by atoms with Gasteiger partial charge >= 0.3 is 5.97 Å². The van der Waals surface area contributed by atoms with Crippen molar-refractivity contribution >= 4 is 18.0 Å². The smallest absolute Gasteiger partial charge is 0.352 e. The number of hydrogen-bond donors (Lipinski definition) is 2. The second-order valence-corrected chi connectivity index (χ2v) is 5.75. The van der Waals surface area contributed by atoms with Crippen molar-refractivity contribution in [3.63, 3.8) is 0 Å². The van der Waals surface area contributed by atoms with Gasteiger partial charge < -0.3 is 14.8 Å². The van der Waals surface area contributed by atoms with Gasteiger partial charge in [0.25, 0.3) is 5.91 Å². The summed E-state index contributed by atoms with van der Waals surface area (Å²) in [5.41, 5.74) is 2.14. The maximum absolute atomic E-state index is 12.2. The van der Waals surface area contributed by atoms with E-state index in [-0.39, 0.29) is 5.70 Å². The molecule has 3 rings (SSSR count). The number of hydrogen-bond acceptors (Lipinski definition) is 3. The van der Waals surface area contributed by atoms with Gasteiger partial charge in [0.2, 0.25) is 0 Å². The molecular formula is C21H17NO4. The van der Waals surface area contributed by atoms with Crippen molar-refractivity contribution in [3.8, 4) is 11.3 Å². The number of aryl methyl sites for hydroxylation is 1. The zero-order valence-electron chi connectivity index (χ0n) is 14.1. The Labute approximate surface area is 150 Å². The van der Waals surface area contributed by atoms with Crippen LogP contribution in [0.1, 0.15) is 21.7 Å². The molecule has 5 nitrogen and oxygen atoms in total. The molecule has 26 heavy (non-hydrogen) atoms. The van der Waals surface area contributed by atoms with Gasteiger partial charge in [0.05, 0.1) is 0 Å². The highest BCUT2D eigenvalue weighted by molar-refractivity contribution is 6.02. The molecule has 0 fully saturated rings. The lowest BCUT2D eigenvalue weighted by atomic mass is 10.1. The topological polar surface area (TPSA) is 79.5 Å². The number of rotatable bonds is 5. The molecule has 1 heterocycles. The van der Waals surface area contributed by atoms with E-state index in [1.165, 1.54) is 6.08 Å². The first kappa shape index (κ1) is 17.2. The van der Waals surface area contributed by atoms with Crippen LogP contribution >= 0.6 is 0 Å². The zero-order valence-corrected chi connectivity index (χ0v) is 14.1. The highest BCUT2D eigenvalue weighted by atomic mass is 16.4. The second-order valence-electron chi connectivity index (χ2n) is 5.75. The lowest BCUT2D eigenvalue weighted by Crippen LogP contribution is -2.27. The van der Waals surface area contributed by atoms with Crippen LogP contribution in [0.3, 0.4) is 0 Å². The monoisotopic (exact) mass is 347 g/mol. The van der Waals surface area contributed by atoms with Crippen molar-refractivity contribution < 1.29 is 19.1 Å². The first-order valence-corrected chi connectivity index (χ1v) is 8.01. The van der Waals surface area contributed by atoms with Crippen LogP contribution in [0.5, 0.6) is 0 Å². The normalized spacial score (nSPS) is 11.2. The van der Waals surface area contributed by atoms with Crippen LogP contribution in [-0.2, 0) is 4.79 Å². The van der Waals surface area contributed by atoms with Crippen molar-refractivity contribution in [1.82, 2.24) is 5.32 Å². The summed E-state index contributed by atoms with van der Waals surface area (Å²) in [4.78, 5) is 23.6. The van der Waals surface area contributed by atoms with Crippen molar-refractivity contribution in [3.05, 3.63) is 89.3 Å². The van der Waals surface area contributed by atoms with Crippen molar-refractivity contribution in [2.75, 3.05) is 0 Å². The quantitative estimate of drug-likeness (QED) is 0.681. The molecular weight excluding hydrogens is 330 g/mol. The summed E-state index contributed by atoms with van der Waals surface area (Å²) in [6.45, 7) is 1.99. The molecule has 0 spiro atoms. The summed E-state index contributed by atoms with van der Waals surface area (Å²) in [5.74, 6) is -0.783. The minimum Gasteiger partial charge on any atom is -0.477 e. The molecule has 5 heteroatoms. The number of benzene rings is 2. The molecule has 0 aliphatic rings. The molecule has 2 N–H and O–H groups in total. The van der Waals surface area contributed by atoms with Gasteiger partial charge in [-0.05, 0) is 31.2 Å². The van der Waals surface area contributed by atoms with Gasteiger partial charge in [-0.3, -0.25) is 4.79 Å². The third-order valence-electron chi connectivity index (χ3n) is 3.76. The van der Waals surface area contributed by atoms with E-state index in [0.29, 0.717) is 17.1 Å². The van der Waals surface area contributed by atoms with Crippen LogP contribution in [0.2, 0.25) is 0 Å². The van der Waals surface area contributed by atoms with Gasteiger partial charge in [0.1, 0.15) is 17.2 Å². The largest absolute Gasteiger partial charge is 0.477 e. The highest BCUT2D eigenvalue weighted by Crippen LogP contribution is 2.23. The Kier molecular flexibility index (Phi) is 4.99. The van der Waals surface area contributed by atoms with Crippen molar-refractivity contribution in [2.24, 2.45) is 0 Å². The average molecular weight is 347 g/mol. The fourth-order valence-corrected chi connectivity index (χ4v) is 2.38. The van der Waals surface area contributed by atoms with Crippen LogP contribution in [0.25, 0.3) is 17.4 Å². The zero-order chi connectivity index (χ0) is 18.5. The number of carboxylic acid groups (broad SMARTS) is 1. The molecule has 1 amide bonds. The predicted octanol–water partition coefficient (Wildman–Crippen LogP) is 4.11. The summed E-state index contributed by atoms with van der Waals surface area (Å²) < 4.78 is 5.69. The Hall–Kier alpha value is -3.60. The van der Waals surface area contributed by atoms with Crippen LogP contribution in [-0.4, -0.2) is 17.0 Å². The fraction of sp³-hybridized carbons (Fsp3) is 0.0476. The van der Waals surface area contributed by atoms with E-state index in [1.54, 1.807) is 42.5 Å². The van der Waals surface area contributed by atoms with Gasteiger partial charge in [0.15, 0.2) is 0 Å². The molecule has 0 unspecified atom stereocenters. The maximum Gasteiger partial charge on any atom is 0.352 e. The van der Waals surface area contributed by atoms with Crippen molar-refractivity contribution in [2.45, 2.75) is 6.92 Å². The van der Waals surface area contributed by atoms with Gasteiger partial charge in [-0.15, -0.1) is 0 Å². The number of carbonyl (C=O) groups excluding carboxylic acids is 1. The van der Waals surface area contributed by atoms with Crippen LogP contribution in [0.15, 0.2) is 76.8 Å². The van der Waals surface area contributed by atoms with Gasteiger partial charge in [-0.2, -0.15) is 0 Å². The molecule has 2 aromatic carbocycles. The van der Waals surface area contributed by atoms with E-state index < -0.39 is 11.9 Å². The van der Waals surface area contributed by atoms with Crippen LogP contribution in [0.4, 0.5) is 0 Å². The summed E-state index contributed by atoms with van der Waals surface area (Å²) in [7, 11) is 0. The third-order valence-corrected chi connectivity index (χ3v) is 3.76. The van der Waals surface area contributed by atoms with E-state index in [0.717, 1.165) is 11.1 Å².